The lowest BCUT2D eigenvalue weighted by atomic mass is 10.0. The first-order chi connectivity index (χ1) is 10.9. The Morgan fingerprint density at radius 2 is 1.78 bits per heavy atom. The van der Waals surface area contributed by atoms with Gasteiger partial charge in [-0.15, -0.1) is 0 Å². The molecule has 0 heterocycles. The lowest BCUT2D eigenvalue weighted by Crippen LogP contribution is -2.48. The largest absolute Gasteiger partial charge is 0.445 e. The second kappa shape index (κ2) is 9.61. The van der Waals surface area contributed by atoms with Gasteiger partial charge in [-0.05, 0) is 24.8 Å². The van der Waals surface area contributed by atoms with Crippen molar-refractivity contribution < 1.29 is 19.1 Å². The number of rotatable bonds is 8. The summed E-state index contributed by atoms with van der Waals surface area (Å²) in [5.74, 6) is -0.198. The Bertz CT molecular complexity index is 517. The van der Waals surface area contributed by atoms with E-state index < -0.39 is 24.1 Å². The number of hydrogen-bond acceptors (Lipinski definition) is 4. The van der Waals surface area contributed by atoms with Gasteiger partial charge in [0.05, 0.1) is 6.04 Å². The van der Waals surface area contributed by atoms with Gasteiger partial charge in [0.25, 0.3) is 0 Å². The van der Waals surface area contributed by atoms with E-state index in [0.29, 0.717) is 6.42 Å². The minimum Gasteiger partial charge on any atom is -0.445 e. The van der Waals surface area contributed by atoms with Crippen molar-refractivity contribution in [3.8, 4) is 0 Å². The Morgan fingerprint density at radius 3 is 2.35 bits per heavy atom. The molecule has 2 atom stereocenters. The Hall–Kier alpha value is -2.37. The van der Waals surface area contributed by atoms with Gasteiger partial charge >= 0.3 is 6.09 Å². The number of carbonyl (C=O) groups excluding carboxylic acids is 3. The van der Waals surface area contributed by atoms with Crippen LogP contribution in [0.5, 0.6) is 0 Å². The molecule has 0 aliphatic rings. The van der Waals surface area contributed by atoms with Crippen LogP contribution in [0.4, 0.5) is 4.79 Å². The zero-order valence-corrected chi connectivity index (χ0v) is 13.7. The molecule has 23 heavy (non-hydrogen) atoms. The van der Waals surface area contributed by atoms with Gasteiger partial charge < -0.3 is 15.4 Å². The Morgan fingerprint density at radius 1 is 1.13 bits per heavy atom. The maximum Gasteiger partial charge on any atom is 0.408 e. The SMILES string of the molecule is CC(C)CC([C]=O)NC(=O)C(C)NC(=O)OCc1ccccc1. The lowest BCUT2D eigenvalue weighted by Gasteiger charge is -2.18. The maximum absolute atomic E-state index is 11.9. The Labute approximate surface area is 136 Å². The van der Waals surface area contributed by atoms with E-state index >= 15 is 0 Å². The highest BCUT2D eigenvalue weighted by molar-refractivity contribution is 5.87. The number of hydrogen-bond donors (Lipinski definition) is 2. The quantitative estimate of drug-likeness (QED) is 0.767. The first kappa shape index (κ1) is 18.7. The van der Waals surface area contributed by atoms with Crippen molar-refractivity contribution in [2.75, 3.05) is 0 Å². The number of ether oxygens (including phenoxy) is 1. The molecule has 0 spiro atoms. The van der Waals surface area contributed by atoms with Gasteiger partial charge in [-0.3, -0.25) is 9.59 Å². The van der Waals surface area contributed by atoms with Crippen LogP contribution in [0.1, 0.15) is 32.8 Å². The fraction of sp³-hybridized carbons (Fsp3) is 0.471. The second-order valence-corrected chi connectivity index (χ2v) is 5.74. The number of nitrogens with one attached hydrogen (secondary N) is 2. The monoisotopic (exact) mass is 319 g/mol. The summed E-state index contributed by atoms with van der Waals surface area (Å²) in [6, 6.07) is 7.75. The van der Waals surface area contributed by atoms with E-state index in [0.717, 1.165) is 5.56 Å². The highest BCUT2D eigenvalue weighted by Crippen LogP contribution is 2.03. The molecule has 1 radical (unpaired) electrons. The van der Waals surface area contributed by atoms with Gasteiger partial charge in [-0.25, -0.2) is 4.79 Å². The minimum atomic E-state index is -0.804. The summed E-state index contributed by atoms with van der Waals surface area (Å²) in [7, 11) is 0. The van der Waals surface area contributed by atoms with Crippen molar-refractivity contribution in [1.82, 2.24) is 10.6 Å². The summed E-state index contributed by atoms with van der Waals surface area (Å²) in [5.41, 5.74) is 0.854. The predicted molar refractivity (Wildman–Crippen MR) is 86.3 cm³/mol. The van der Waals surface area contributed by atoms with Crippen molar-refractivity contribution in [2.45, 2.75) is 45.9 Å². The third-order valence-corrected chi connectivity index (χ3v) is 3.11. The molecule has 0 aliphatic carbocycles. The third kappa shape index (κ3) is 7.44. The highest BCUT2D eigenvalue weighted by atomic mass is 16.5. The van der Waals surface area contributed by atoms with E-state index in [1.807, 2.05) is 44.2 Å². The molecular formula is C17H23N2O4. The van der Waals surface area contributed by atoms with Crippen LogP contribution in [0.3, 0.4) is 0 Å². The molecule has 0 aromatic heterocycles. The molecule has 125 valence electrons. The Balaban J connectivity index is 2.38. The molecular weight excluding hydrogens is 296 g/mol. The second-order valence-electron chi connectivity index (χ2n) is 5.74. The summed E-state index contributed by atoms with van der Waals surface area (Å²) >= 11 is 0. The van der Waals surface area contributed by atoms with E-state index in [4.69, 9.17) is 4.74 Å². The van der Waals surface area contributed by atoms with Crippen LogP contribution >= 0.6 is 0 Å². The predicted octanol–water partition coefficient (Wildman–Crippen LogP) is 1.94. The molecule has 6 heteroatoms. The van der Waals surface area contributed by atoms with Crippen LogP contribution in [0, 0.1) is 5.92 Å². The van der Waals surface area contributed by atoms with Gasteiger partial charge in [0.1, 0.15) is 12.6 Å². The van der Waals surface area contributed by atoms with Crippen LogP contribution in [0.15, 0.2) is 30.3 Å². The van der Waals surface area contributed by atoms with Crippen LogP contribution in [-0.2, 0) is 20.9 Å². The van der Waals surface area contributed by atoms with Crippen molar-refractivity contribution in [3.63, 3.8) is 0 Å². The van der Waals surface area contributed by atoms with E-state index in [-0.39, 0.29) is 12.5 Å². The molecule has 0 bridgehead atoms. The highest BCUT2D eigenvalue weighted by Gasteiger charge is 2.20. The van der Waals surface area contributed by atoms with Gasteiger partial charge in [-0.1, -0.05) is 44.2 Å². The smallest absolute Gasteiger partial charge is 0.408 e. The first-order valence-electron chi connectivity index (χ1n) is 7.57. The topological polar surface area (TPSA) is 84.5 Å². The normalized spacial score (nSPS) is 13.0. The summed E-state index contributed by atoms with van der Waals surface area (Å²) < 4.78 is 5.04. The number of benzene rings is 1. The van der Waals surface area contributed by atoms with Gasteiger partial charge in [-0.2, -0.15) is 0 Å². The van der Waals surface area contributed by atoms with Gasteiger partial charge in [0.2, 0.25) is 12.2 Å². The third-order valence-electron chi connectivity index (χ3n) is 3.11. The maximum atomic E-state index is 11.9. The lowest BCUT2D eigenvalue weighted by molar-refractivity contribution is -0.123. The number of carbonyl (C=O) groups is 2. The summed E-state index contributed by atoms with van der Waals surface area (Å²) in [5, 5.41) is 4.97. The van der Waals surface area contributed by atoms with Crippen LogP contribution in [-0.4, -0.2) is 30.4 Å². The fourth-order valence-corrected chi connectivity index (χ4v) is 1.91. The molecule has 2 N–H and O–H groups in total. The van der Waals surface area contributed by atoms with Crippen molar-refractivity contribution in [2.24, 2.45) is 5.92 Å². The van der Waals surface area contributed by atoms with Crippen molar-refractivity contribution in [1.29, 1.82) is 0 Å². The van der Waals surface area contributed by atoms with Gasteiger partial charge in [0, 0.05) is 0 Å². The molecule has 0 saturated heterocycles. The van der Waals surface area contributed by atoms with E-state index in [1.54, 1.807) is 6.29 Å². The molecule has 0 saturated carbocycles. The molecule has 0 fully saturated rings. The zero-order valence-electron chi connectivity index (χ0n) is 13.7. The van der Waals surface area contributed by atoms with Crippen molar-refractivity contribution >= 4 is 18.3 Å². The van der Waals surface area contributed by atoms with Gasteiger partial charge in [0.15, 0.2) is 0 Å². The van der Waals surface area contributed by atoms with Crippen LogP contribution < -0.4 is 10.6 Å². The van der Waals surface area contributed by atoms with E-state index in [1.165, 1.54) is 6.92 Å². The summed E-state index contributed by atoms with van der Waals surface area (Å²) in [6.45, 7) is 5.54. The van der Waals surface area contributed by atoms with Crippen LogP contribution in [0.2, 0.25) is 0 Å². The summed E-state index contributed by atoms with van der Waals surface area (Å²) in [4.78, 5) is 34.4. The average Bonchev–Trinajstić information content (AvgIpc) is 2.52. The van der Waals surface area contributed by atoms with Crippen LogP contribution in [0.25, 0.3) is 0 Å². The molecule has 6 nitrogen and oxygen atoms in total. The molecule has 2 amide bonds. The standard InChI is InChI=1S/C17H23N2O4/c1-12(2)9-15(10-20)19-16(21)13(3)18-17(22)23-11-14-7-5-4-6-8-14/h4-8,12-13,15H,9,11H2,1-3H3,(H,18,22)(H,19,21). The fourth-order valence-electron chi connectivity index (χ4n) is 1.91. The number of alkyl carbamates (subject to hydrolysis) is 1. The summed E-state index contributed by atoms with van der Waals surface area (Å²) in [6.07, 6.45) is 1.61. The average molecular weight is 319 g/mol. The van der Waals surface area contributed by atoms with E-state index in [2.05, 4.69) is 10.6 Å². The van der Waals surface area contributed by atoms with E-state index in [9.17, 15) is 14.4 Å². The van der Waals surface area contributed by atoms with Crippen molar-refractivity contribution in [3.05, 3.63) is 35.9 Å². The minimum absolute atomic E-state index is 0.124. The molecule has 0 aliphatic heterocycles. The molecule has 1 aromatic carbocycles. The number of amides is 2. The Kier molecular flexibility index (Phi) is 7.80. The zero-order chi connectivity index (χ0) is 17.2. The molecule has 1 aromatic rings. The molecule has 1 rings (SSSR count). The molecule has 2 unspecified atom stereocenters. The first-order valence-corrected chi connectivity index (χ1v) is 7.57.